The van der Waals surface area contributed by atoms with Gasteiger partial charge in [0.1, 0.15) is 0 Å². The number of rotatable bonds is 0. The second kappa shape index (κ2) is 6.54. The summed E-state index contributed by atoms with van der Waals surface area (Å²) in [6.45, 7) is 0. The van der Waals surface area contributed by atoms with Gasteiger partial charge in [0.15, 0.2) is 0 Å². The summed E-state index contributed by atoms with van der Waals surface area (Å²) in [7, 11) is 0. The van der Waals surface area contributed by atoms with Gasteiger partial charge in [-0.05, 0) is 5.53 Å². The van der Waals surface area contributed by atoms with Gasteiger partial charge in [-0.2, -0.15) is 0 Å². The van der Waals surface area contributed by atoms with Gasteiger partial charge in [-0.15, -0.1) is 0 Å². The van der Waals surface area contributed by atoms with Gasteiger partial charge in [-0.1, -0.05) is 9.43 Å². The summed E-state index contributed by atoms with van der Waals surface area (Å²) >= 11 is 8.38. The molecule has 0 saturated heterocycles. The average Bonchev–Trinajstić information content (AvgIpc) is 1.35. The number of nitrogens with zero attached hydrogens (tertiary/aromatic N) is 3. The maximum Gasteiger partial charge on any atom is 1.00 e. The third kappa shape index (κ3) is 10.8. The molecule has 0 rings (SSSR count). The second-order valence-corrected chi connectivity index (χ2v) is 1.49. The van der Waals surface area contributed by atoms with Crippen molar-refractivity contribution < 1.29 is 0 Å². The SMILES string of the molecule is [N-]=[N+]=NC(=S)[S-].[Tl+]. The Hall–Kier alpha value is 0.542. The Morgan fingerprint density at radius 2 is 2.29 bits per heavy atom. The van der Waals surface area contributed by atoms with Crippen LogP contribution in [0.1, 0.15) is 0 Å². The molecule has 0 unspecified atom stereocenters. The van der Waals surface area contributed by atoms with Crippen LogP contribution in [-0.2, 0) is 12.6 Å². The molecule has 0 aliphatic heterocycles. The van der Waals surface area contributed by atoms with Crippen LogP contribution in [0.5, 0.6) is 0 Å². The molecule has 6 heteroatoms. The third-order valence-electron chi connectivity index (χ3n) is 0.126. The summed E-state index contributed by atoms with van der Waals surface area (Å²) in [4.78, 5) is 2.31. The van der Waals surface area contributed by atoms with Crippen LogP contribution in [0, 0.1) is 0 Å². The first kappa shape index (κ1) is 10.5. The molecule has 0 bridgehead atoms. The van der Waals surface area contributed by atoms with Crippen LogP contribution in [0.3, 0.4) is 0 Å². The maximum absolute atomic E-state index is 7.54. The van der Waals surface area contributed by atoms with E-state index < -0.39 is 0 Å². The molecule has 0 saturated carbocycles. The van der Waals surface area contributed by atoms with Gasteiger partial charge in [-0.3, -0.25) is 0 Å². The van der Waals surface area contributed by atoms with Gasteiger partial charge in [0.05, 0.1) is 0 Å². The van der Waals surface area contributed by atoms with Gasteiger partial charge in [-0.25, -0.2) is 0 Å². The summed E-state index contributed by atoms with van der Waals surface area (Å²) in [5, 5.41) is 2.85. The van der Waals surface area contributed by atoms with Crippen molar-refractivity contribution in [3.63, 3.8) is 0 Å². The summed E-state index contributed by atoms with van der Waals surface area (Å²) in [6, 6.07) is 0. The van der Waals surface area contributed by atoms with Crippen molar-refractivity contribution in [2.45, 2.75) is 0 Å². The van der Waals surface area contributed by atoms with E-state index >= 15 is 0 Å². The standard InChI is InChI=1S/CHN3S2.Tl/c2-4-3-1(5)6;/h(H,5,6);/q;+1/p-1. The van der Waals surface area contributed by atoms with Gasteiger partial charge < -0.3 is 24.8 Å². The van der Waals surface area contributed by atoms with Crippen LogP contribution < -0.4 is 0 Å². The molecule has 0 aromatic heterocycles. The first-order valence-electron chi connectivity index (χ1n) is 1.03. The van der Waals surface area contributed by atoms with E-state index in [0.29, 0.717) is 0 Å². The zero-order chi connectivity index (χ0) is 4.99. The van der Waals surface area contributed by atoms with Gasteiger partial charge in [0.2, 0.25) is 0 Å². The Morgan fingerprint density at radius 1 is 1.86 bits per heavy atom. The number of azide groups is 1. The minimum Gasteiger partial charge on any atom is -0.427 e. The molecule has 0 aliphatic carbocycles. The topological polar surface area (TPSA) is 48.8 Å². The van der Waals surface area contributed by atoms with Crippen LogP contribution in [0.15, 0.2) is 5.11 Å². The van der Waals surface area contributed by atoms with Crippen molar-refractivity contribution in [2.75, 3.05) is 0 Å². The van der Waals surface area contributed by atoms with Crippen LogP contribution in [0.2, 0.25) is 0 Å². The normalized spacial score (nSPS) is 5.14. The number of hydrogen-bond acceptors (Lipinski definition) is 2. The summed E-state index contributed by atoms with van der Waals surface area (Å²) in [6.07, 6.45) is 0. The zero-order valence-corrected chi connectivity index (χ0v) is 9.36. The predicted octanol–water partition coefficient (Wildman–Crippen LogP) is 0.748. The molecular weight excluding hydrogens is 323 g/mol. The van der Waals surface area contributed by atoms with Crippen molar-refractivity contribution in [1.29, 1.82) is 0 Å². The fraction of sp³-hybridized carbons (Fsp3) is 0. The molecule has 34 valence electrons. The maximum atomic E-state index is 7.54. The minimum absolute atomic E-state index is 0. The van der Waals surface area contributed by atoms with E-state index in [4.69, 9.17) is 5.53 Å². The fourth-order valence-electron chi connectivity index (χ4n) is 0.0365. The Morgan fingerprint density at radius 3 is 2.29 bits per heavy atom. The molecule has 0 atom stereocenters. The van der Waals surface area contributed by atoms with E-state index in [2.05, 4.69) is 34.9 Å². The molecule has 0 amide bonds. The summed E-state index contributed by atoms with van der Waals surface area (Å²) < 4.78 is -0.0856. The Kier molecular flexibility index (Phi) is 9.82. The minimum atomic E-state index is -0.0856. The monoisotopic (exact) mass is 323 g/mol. The molecule has 0 radical (unpaired) electrons. The smallest absolute Gasteiger partial charge is 0.427 e. The molecule has 0 heterocycles. The first-order valence-corrected chi connectivity index (χ1v) is 1.85. The van der Waals surface area contributed by atoms with Crippen LogP contribution >= 0.6 is 12.2 Å². The van der Waals surface area contributed by atoms with Crippen LogP contribution in [-0.4, -0.2) is 31.6 Å². The predicted molar refractivity (Wildman–Crippen MR) is 34.9 cm³/mol. The molecule has 0 N–H and O–H groups in total. The van der Waals surface area contributed by atoms with E-state index in [1.807, 2.05) is 0 Å². The number of thiocarbonyl (C=S) groups is 1. The molecule has 0 spiro atoms. The first-order chi connectivity index (χ1) is 2.77. The average molecular weight is 323 g/mol. The van der Waals surface area contributed by atoms with Crippen molar-refractivity contribution in [1.82, 2.24) is 0 Å². The summed E-state index contributed by atoms with van der Waals surface area (Å²) in [5.41, 5.74) is 7.54. The quantitative estimate of drug-likeness (QED) is 0.165. The summed E-state index contributed by atoms with van der Waals surface area (Å²) in [5.74, 6) is 0. The Bertz CT molecular complexity index is 106. The molecular formula is CN3S2Tl. The van der Waals surface area contributed by atoms with Gasteiger partial charge >= 0.3 is 27.3 Å². The van der Waals surface area contributed by atoms with Crippen LogP contribution in [0.25, 0.3) is 10.4 Å². The fourth-order valence-corrected chi connectivity index (χ4v) is 0.110. The molecule has 0 aromatic carbocycles. The van der Waals surface area contributed by atoms with Gasteiger partial charge in [0, 0.05) is 4.91 Å². The van der Waals surface area contributed by atoms with Crippen molar-refractivity contribution >= 4 is 56.5 Å². The van der Waals surface area contributed by atoms with Gasteiger partial charge in [0.25, 0.3) is 0 Å². The largest absolute Gasteiger partial charge is 1.00 e. The third-order valence-corrected chi connectivity index (χ3v) is 0.290. The van der Waals surface area contributed by atoms with Crippen molar-refractivity contribution in [3.05, 3.63) is 10.4 Å². The molecule has 0 aromatic rings. The van der Waals surface area contributed by atoms with E-state index in [9.17, 15) is 0 Å². The molecule has 7 heavy (non-hydrogen) atoms. The van der Waals surface area contributed by atoms with Crippen molar-refractivity contribution in [3.8, 4) is 0 Å². The van der Waals surface area contributed by atoms with Crippen molar-refractivity contribution in [2.24, 2.45) is 5.11 Å². The molecule has 0 aliphatic rings. The molecule has 0 fully saturated rings. The Balaban J connectivity index is 0. The van der Waals surface area contributed by atoms with E-state index in [1.54, 1.807) is 0 Å². The Labute approximate surface area is 71.7 Å². The number of hydrogen-bond donors (Lipinski definition) is 0. The van der Waals surface area contributed by atoms with E-state index in [-0.39, 0.29) is 31.6 Å². The van der Waals surface area contributed by atoms with E-state index in [1.165, 1.54) is 0 Å². The van der Waals surface area contributed by atoms with E-state index in [0.717, 1.165) is 0 Å². The van der Waals surface area contributed by atoms with Crippen LogP contribution in [0.4, 0.5) is 0 Å². The zero-order valence-electron chi connectivity index (χ0n) is 3.24. The second-order valence-electron chi connectivity index (χ2n) is 0.455. The molecule has 3 nitrogen and oxygen atoms in total.